The lowest BCUT2D eigenvalue weighted by atomic mass is 10.1. The highest BCUT2D eigenvalue weighted by molar-refractivity contribution is 5.92. The summed E-state index contributed by atoms with van der Waals surface area (Å²) in [4.78, 5) is 35.3. The Morgan fingerprint density at radius 2 is 2.22 bits per heavy atom. The maximum absolute atomic E-state index is 12.0. The molecule has 2 N–H and O–H groups in total. The minimum absolute atomic E-state index is 0.0479. The van der Waals surface area contributed by atoms with Crippen molar-refractivity contribution in [3.63, 3.8) is 0 Å². The van der Waals surface area contributed by atoms with E-state index in [1.807, 2.05) is 0 Å². The fourth-order valence-corrected chi connectivity index (χ4v) is 2.79. The van der Waals surface area contributed by atoms with Gasteiger partial charge < -0.3 is 10.4 Å². The number of carbonyl (C=O) groups is 2. The van der Waals surface area contributed by atoms with Crippen LogP contribution in [0.25, 0.3) is 0 Å². The van der Waals surface area contributed by atoms with E-state index in [2.05, 4.69) is 5.32 Å². The molecule has 1 aromatic rings. The number of carboxylic acid groups (broad SMARTS) is 1. The van der Waals surface area contributed by atoms with Crippen LogP contribution in [0, 0.1) is 17.0 Å². The average Bonchev–Trinajstić information content (AvgIpc) is 2.95. The third-order valence-corrected chi connectivity index (χ3v) is 4.05. The van der Waals surface area contributed by atoms with E-state index in [0.717, 1.165) is 6.42 Å². The van der Waals surface area contributed by atoms with Crippen molar-refractivity contribution in [2.75, 3.05) is 18.4 Å². The lowest BCUT2D eigenvalue weighted by molar-refractivity contribution is -0.385. The molecule has 1 aliphatic heterocycles. The van der Waals surface area contributed by atoms with E-state index in [4.69, 9.17) is 5.11 Å². The molecule has 1 saturated heterocycles. The lowest BCUT2D eigenvalue weighted by Gasteiger charge is -2.20. The molecule has 8 heteroatoms. The number of anilines is 1. The van der Waals surface area contributed by atoms with E-state index in [0.29, 0.717) is 30.8 Å². The summed E-state index contributed by atoms with van der Waals surface area (Å²) in [6.07, 6.45) is 1.55. The number of carbonyl (C=O) groups excluding carboxylic acids is 1. The summed E-state index contributed by atoms with van der Waals surface area (Å²) in [5.41, 5.74) is 0.754. The number of benzene rings is 1. The molecule has 0 unspecified atom stereocenters. The molecule has 1 fully saturated rings. The highest BCUT2D eigenvalue weighted by atomic mass is 16.6. The van der Waals surface area contributed by atoms with Crippen LogP contribution in [0.5, 0.6) is 0 Å². The van der Waals surface area contributed by atoms with Gasteiger partial charge in [-0.2, -0.15) is 0 Å². The van der Waals surface area contributed by atoms with E-state index in [1.165, 1.54) is 12.1 Å². The van der Waals surface area contributed by atoms with Gasteiger partial charge in [-0.25, -0.2) is 0 Å². The first-order chi connectivity index (χ1) is 10.9. The Kier molecular flexibility index (Phi) is 5.28. The summed E-state index contributed by atoms with van der Waals surface area (Å²) in [5.74, 6) is -1.15. The lowest BCUT2D eigenvalue weighted by Crippen LogP contribution is -2.37. The molecular weight excluding hydrogens is 302 g/mol. The van der Waals surface area contributed by atoms with Crippen molar-refractivity contribution in [2.45, 2.75) is 32.2 Å². The maximum atomic E-state index is 12.0. The number of nitro benzene ring substituents is 1. The minimum atomic E-state index is -0.863. The molecule has 8 nitrogen and oxygen atoms in total. The number of aliphatic carboxylic acids is 1. The minimum Gasteiger partial charge on any atom is -0.480 e. The fourth-order valence-electron chi connectivity index (χ4n) is 2.79. The Labute approximate surface area is 133 Å². The smallest absolute Gasteiger partial charge is 0.320 e. The van der Waals surface area contributed by atoms with Crippen LogP contribution in [0.15, 0.2) is 18.2 Å². The Hall–Kier alpha value is -2.48. The average molecular weight is 321 g/mol. The molecule has 1 aliphatic rings. The number of rotatable bonds is 6. The van der Waals surface area contributed by atoms with Gasteiger partial charge in [-0.05, 0) is 32.4 Å². The van der Waals surface area contributed by atoms with Gasteiger partial charge >= 0.3 is 5.97 Å². The van der Waals surface area contributed by atoms with Crippen LogP contribution in [-0.4, -0.2) is 45.9 Å². The van der Waals surface area contributed by atoms with E-state index in [9.17, 15) is 19.7 Å². The second-order valence-corrected chi connectivity index (χ2v) is 5.54. The molecule has 1 amide bonds. The van der Waals surface area contributed by atoms with Gasteiger partial charge in [-0.3, -0.25) is 24.6 Å². The van der Waals surface area contributed by atoms with E-state index < -0.39 is 16.9 Å². The molecule has 124 valence electrons. The van der Waals surface area contributed by atoms with Crippen LogP contribution in [-0.2, 0) is 9.59 Å². The summed E-state index contributed by atoms with van der Waals surface area (Å²) >= 11 is 0. The molecule has 1 atom stereocenters. The molecule has 1 heterocycles. The van der Waals surface area contributed by atoms with Gasteiger partial charge in [0, 0.05) is 19.0 Å². The van der Waals surface area contributed by atoms with Gasteiger partial charge in [0.05, 0.1) is 16.2 Å². The first-order valence-corrected chi connectivity index (χ1v) is 7.41. The monoisotopic (exact) mass is 321 g/mol. The molecule has 23 heavy (non-hydrogen) atoms. The number of hydrogen-bond acceptors (Lipinski definition) is 5. The molecule has 0 aliphatic carbocycles. The van der Waals surface area contributed by atoms with Crippen molar-refractivity contribution < 1.29 is 19.6 Å². The first kappa shape index (κ1) is 16.9. The zero-order valence-corrected chi connectivity index (χ0v) is 12.8. The third kappa shape index (κ3) is 4.04. The Morgan fingerprint density at radius 3 is 2.87 bits per heavy atom. The van der Waals surface area contributed by atoms with Crippen molar-refractivity contribution in [1.82, 2.24) is 4.90 Å². The Bertz CT molecular complexity index is 632. The van der Waals surface area contributed by atoms with E-state index in [-0.39, 0.29) is 18.0 Å². The van der Waals surface area contributed by atoms with Crippen molar-refractivity contribution in [1.29, 1.82) is 0 Å². The van der Waals surface area contributed by atoms with Crippen LogP contribution >= 0.6 is 0 Å². The zero-order valence-electron chi connectivity index (χ0n) is 12.8. The fraction of sp³-hybridized carbons (Fsp3) is 0.467. The summed E-state index contributed by atoms with van der Waals surface area (Å²) in [7, 11) is 0. The second kappa shape index (κ2) is 7.19. The molecular formula is C15H19N3O5. The van der Waals surface area contributed by atoms with Gasteiger partial charge in [0.1, 0.15) is 6.04 Å². The van der Waals surface area contributed by atoms with Crippen molar-refractivity contribution in [3.05, 3.63) is 33.9 Å². The highest BCUT2D eigenvalue weighted by Crippen LogP contribution is 2.25. The predicted molar refractivity (Wildman–Crippen MR) is 83.3 cm³/mol. The van der Waals surface area contributed by atoms with Crippen molar-refractivity contribution >= 4 is 23.3 Å². The maximum Gasteiger partial charge on any atom is 0.320 e. The van der Waals surface area contributed by atoms with Crippen molar-refractivity contribution in [3.8, 4) is 0 Å². The summed E-state index contributed by atoms with van der Waals surface area (Å²) in [6.45, 7) is 2.60. The van der Waals surface area contributed by atoms with Crippen LogP contribution in [0.4, 0.5) is 11.4 Å². The number of nitro groups is 1. The zero-order chi connectivity index (χ0) is 17.0. The number of nitrogens with zero attached hydrogens (tertiary/aromatic N) is 2. The van der Waals surface area contributed by atoms with Crippen molar-refractivity contribution in [2.24, 2.45) is 0 Å². The van der Waals surface area contributed by atoms with E-state index >= 15 is 0 Å². The number of hydrogen-bond donors (Lipinski definition) is 2. The highest BCUT2D eigenvalue weighted by Gasteiger charge is 2.30. The molecule has 0 saturated carbocycles. The third-order valence-electron chi connectivity index (χ3n) is 4.05. The van der Waals surface area contributed by atoms with Gasteiger partial charge in [0.15, 0.2) is 0 Å². The Morgan fingerprint density at radius 1 is 1.48 bits per heavy atom. The van der Waals surface area contributed by atoms with Gasteiger partial charge in [0.25, 0.3) is 5.69 Å². The second-order valence-electron chi connectivity index (χ2n) is 5.54. The number of likely N-dealkylation sites (tertiary alicyclic amines) is 1. The Balaban J connectivity index is 1.94. The van der Waals surface area contributed by atoms with Gasteiger partial charge in [-0.1, -0.05) is 6.07 Å². The summed E-state index contributed by atoms with van der Waals surface area (Å²) in [5, 5.41) is 22.6. The normalized spacial score (nSPS) is 17.9. The van der Waals surface area contributed by atoms with Crippen LogP contribution in [0.2, 0.25) is 0 Å². The van der Waals surface area contributed by atoms with E-state index in [1.54, 1.807) is 17.9 Å². The van der Waals surface area contributed by atoms with Crippen LogP contribution in [0.3, 0.4) is 0 Å². The van der Waals surface area contributed by atoms with Crippen LogP contribution in [0.1, 0.15) is 24.8 Å². The van der Waals surface area contributed by atoms with Gasteiger partial charge in [-0.15, -0.1) is 0 Å². The predicted octanol–water partition coefficient (Wildman–Crippen LogP) is 1.78. The van der Waals surface area contributed by atoms with Gasteiger partial charge in [0.2, 0.25) is 5.91 Å². The molecule has 0 bridgehead atoms. The first-order valence-electron chi connectivity index (χ1n) is 7.41. The van der Waals surface area contributed by atoms with Crippen LogP contribution < -0.4 is 5.32 Å². The number of amides is 1. The number of carboxylic acids is 1. The molecule has 0 radical (unpaired) electrons. The topological polar surface area (TPSA) is 113 Å². The molecule has 0 aromatic heterocycles. The SMILES string of the molecule is Cc1c(NC(=O)CCN2CCC[C@H]2C(=O)O)cccc1[N+](=O)[O-]. The summed E-state index contributed by atoms with van der Waals surface area (Å²) < 4.78 is 0. The molecule has 1 aromatic carbocycles. The quantitative estimate of drug-likeness (QED) is 0.610. The molecule has 0 spiro atoms. The number of nitrogens with one attached hydrogen (secondary N) is 1. The summed E-state index contributed by atoms with van der Waals surface area (Å²) in [6, 6.07) is 3.98. The largest absolute Gasteiger partial charge is 0.480 e. The molecule has 2 rings (SSSR count). The standard InChI is InChI=1S/C15H19N3O5/c1-10-11(4-2-5-12(10)18(22)23)16-14(19)7-9-17-8-3-6-13(17)15(20)21/h2,4-5,13H,3,6-9H2,1H3,(H,16,19)(H,20,21)/t13-/m0/s1.